The number of nitrogens with zero attached hydrogens (tertiary/aromatic N) is 4. The molecule has 1 aliphatic heterocycles. The van der Waals surface area contributed by atoms with Gasteiger partial charge in [-0.3, -0.25) is 19.5 Å². The fourth-order valence-electron chi connectivity index (χ4n) is 2.96. The second kappa shape index (κ2) is 9.59. The minimum Gasteiger partial charge on any atom is -0.379 e. The molecule has 26 heavy (non-hydrogen) atoms. The number of aromatic nitrogens is 2. The van der Waals surface area contributed by atoms with Crippen LogP contribution in [0.25, 0.3) is 0 Å². The average Bonchev–Trinajstić information content (AvgIpc) is 3.49. The van der Waals surface area contributed by atoms with Crippen molar-refractivity contribution in [1.82, 2.24) is 25.1 Å². The molecule has 3 rings (SSSR count). The van der Waals surface area contributed by atoms with Crippen molar-refractivity contribution in [1.29, 1.82) is 0 Å². The first-order valence-electron chi connectivity index (χ1n) is 9.37. The Balaban J connectivity index is 1.51. The topological polar surface area (TPSA) is 87.7 Å². The molecule has 0 radical (unpaired) electrons. The van der Waals surface area contributed by atoms with Crippen molar-refractivity contribution in [3.63, 3.8) is 0 Å². The number of ether oxygens (including phenoxy) is 1. The number of morpholine rings is 1. The highest BCUT2D eigenvalue weighted by atomic mass is 16.5. The summed E-state index contributed by atoms with van der Waals surface area (Å²) in [6.07, 6.45) is 7.83. The van der Waals surface area contributed by atoms with E-state index in [1.54, 1.807) is 11.1 Å². The molecule has 2 heterocycles. The fraction of sp³-hybridized carbons (Fsp3) is 0.667. The van der Waals surface area contributed by atoms with E-state index in [1.807, 2.05) is 0 Å². The minimum absolute atomic E-state index is 0.0117. The SMILES string of the molecule is O=C(CCN(CCCN1CCOCC1)C(=O)c1cnccn1)NC1CC1. The van der Waals surface area contributed by atoms with Gasteiger partial charge in [0.15, 0.2) is 0 Å². The normalized spacial score (nSPS) is 17.7. The van der Waals surface area contributed by atoms with Crippen molar-refractivity contribution in [2.75, 3.05) is 45.9 Å². The summed E-state index contributed by atoms with van der Waals surface area (Å²) < 4.78 is 5.36. The summed E-state index contributed by atoms with van der Waals surface area (Å²) in [6.45, 7) is 5.32. The first-order valence-corrected chi connectivity index (χ1v) is 9.37. The predicted octanol–water partition coefficient (Wildman–Crippen LogP) is 0.310. The van der Waals surface area contributed by atoms with Crippen LogP contribution in [0.1, 0.15) is 36.2 Å². The van der Waals surface area contributed by atoms with Gasteiger partial charge in [-0.25, -0.2) is 4.98 Å². The molecule has 2 amide bonds. The van der Waals surface area contributed by atoms with Crippen LogP contribution in [-0.4, -0.2) is 83.6 Å². The van der Waals surface area contributed by atoms with Gasteiger partial charge in [-0.2, -0.15) is 0 Å². The van der Waals surface area contributed by atoms with E-state index < -0.39 is 0 Å². The third kappa shape index (κ3) is 6.03. The Morgan fingerprint density at radius 2 is 2.04 bits per heavy atom. The highest BCUT2D eigenvalue weighted by Gasteiger charge is 2.24. The van der Waals surface area contributed by atoms with Crippen molar-refractivity contribution >= 4 is 11.8 Å². The van der Waals surface area contributed by atoms with Crippen LogP contribution in [0.3, 0.4) is 0 Å². The fourth-order valence-corrected chi connectivity index (χ4v) is 2.96. The number of hydrogen-bond acceptors (Lipinski definition) is 6. The zero-order valence-electron chi connectivity index (χ0n) is 15.1. The Bertz CT molecular complexity index is 588. The summed E-state index contributed by atoms with van der Waals surface area (Å²) in [4.78, 5) is 36.8. The van der Waals surface area contributed by atoms with Gasteiger partial charge in [0.05, 0.1) is 19.4 Å². The van der Waals surface area contributed by atoms with E-state index in [0.29, 0.717) is 31.2 Å². The molecule has 0 bridgehead atoms. The van der Waals surface area contributed by atoms with Crippen LogP contribution < -0.4 is 5.32 Å². The van der Waals surface area contributed by atoms with Gasteiger partial charge in [-0.05, 0) is 19.3 Å². The molecule has 142 valence electrons. The van der Waals surface area contributed by atoms with Crippen LogP contribution >= 0.6 is 0 Å². The van der Waals surface area contributed by atoms with E-state index in [1.165, 1.54) is 12.4 Å². The third-order valence-corrected chi connectivity index (χ3v) is 4.63. The van der Waals surface area contributed by atoms with E-state index in [4.69, 9.17) is 4.74 Å². The number of carbonyl (C=O) groups excluding carboxylic acids is 2. The Labute approximate surface area is 153 Å². The maximum Gasteiger partial charge on any atom is 0.274 e. The number of rotatable bonds is 9. The summed E-state index contributed by atoms with van der Waals surface area (Å²) in [5.41, 5.74) is 0.321. The number of amides is 2. The standard InChI is InChI=1S/C18H27N5O3/c24-17(21-15-2-3-15)4-9-23(18(25)16-14-19-5-6-20-16)8-1-7-22-10-12-26-13-11-22/h5-6,14-15H,1-4,7-13H2,(H,21,24). The molecule has 1 saturated heterocycles. The zero-order valence-corrected chi connectivity index (χ0v) is 15.1. The lowest BCUT2D eigenvalue weighted by molar-refractivity contribution is -0.121. The van der Waals surface area contributed by atoms with Gasteiger partial charge < -0.3 is 15.0 Å². The van der Waals surface area contributed by atoms with Crippen molar-refractivity contribution in [2.45, 2.75) is 31.7 Å². The van der Waals surface area contributed by atoms with Crippen molar-refractivity contribution in [3.8, 4) is 0 Å². The van der Waals surface area contributed by atoms with Crippen molar-refractivity contribution < 1.29 is 14.3 Å². The molecule has 8 nitrogen and oxygen atoms in total. The van der Waals surface area contributed by atoms with E-state index in [-0.39, 0.29) is 11.8 Å². The van der Waals surface area contributed by atoms with Gasteiger partial charge >= 0.3 is 0 Å². The van der Waals surface area contributed by atoms with Gasteiger partial charge in [0, 0.05) is 57.6 Å². The lowest BCUT2D eigenvalue weighted by Crippen LogP contribution is -2.40. The predicted molar refractivity (Wildman–Crippen MR) is 95.6 cm³/mol. The van der Waals surface area contributed by atoms with Crippen LogP contribution in [0.2, 0.25) is 0 Å². The van der Waals surface area contributed by atoms with E-state index in [0.717, 1.165) is 52.1 Å². The maximum atomic E-state index is 12.7. The van der Waals surface area contributed by atoms with Crippen molar-refractivity contribution in [3.05, 3.63) is 24.3 Å². The second-order valence-corrected chi connectivity index (χ2v) is 6.78. The molecule has 1 N–H and O–H groups in total. The molecule has 2 fully saturated rings. The maximum absolute atomic E-state index is 12.7. The number of nitrogens with one attached hydrogen (secondary N) is 1. The summed E-state index contributed by atoms with van der Waals surface area (Å²) >= 11 is 0. The molecule has 1 aromatic rings. The van der Waals surface area contributed by atoms with E-state index in [2.05, 4.69) is 20.2 Å². The molecule has 2 aliphatic rings. The molecular formula is C18H27N5O3. The highest BCUT2D eigenvalue weighted by molar-refractivity contribution is 5.92. The summed E-state index contributed by atoms with van der Waals surface area (Å²) in [6, 6.07) is 0.341. The summed E-state index contributed by atoms with van der Waals surface area (Å²) in [5.74, 6) is -0.156. The Morgan fingerprint density at radius 3 is 2.73 bits per heavy atom. The lowest BCUT2D eigenvalue weighted by Gasteiger charge is -2.28. The van der Waals surface area contributed by atoms with Gasteiger partial charge in [0.2, 0.25) is 5.91 Å². The van der Waals surface area contributed by atoms with Gasteiger partial charge in [-0.15, -0.1) is 0 Å². The largest absolute Gasteiger partial charge is 0.379 e. The van der Waals surface area contributed by atoms with Crippen LogP contribution in [0, 0.1) is 0 Å². The average molecular weight is 361 g/mol. The third-order valence-electron chi connectivity index (χ3n) is 4.63. The van der Waals surface area contributed by atoms with E-state index >= 15 is 0 Å². The molecule has 0 spiro atoms. The Hall–Kier alpha value is -2.06. The molecule has 1 aliphatic carbocycles. The molecule has 8 heteroatoms. The molecule has 0 unspecified atom stereocenters. The number of carbonyl (C=O) groups is 2. The molecular weight excluding hydrogens is 334 g/mol. The van der Waals surface area contributed by atoms with Crippen molar-refractivity contribution in [2.24, 2.45) is 0 Å². The first-order chi connectivity index (χ1) is 12.7. The monoisotopic (exact) mass is 361 g/mol. The number of hydrogen-bond donors (Lipinski definition) is 1. The molecule has 1 aromatic heterocycles. The molecule has 0 aromatic carbocycles. The van der Waals surface area contributed by atoms with Crippen LogP contribution in [0.15, 0.2) is 18.6 Å². The molecule has 1 saturated carbocycles. The quantitative estimate of drug-likeness (QED) is 0.681. The lowest BCUT2D eigenvalue weighted by atomic mass is 10.2. The Kier molecular flexibility index (Phi) is 6.90. The zero-order chi connectivity index (χ0) is 18.2. The van der Waals surface area contributed by atoms with Gasteiger partial charge in [0.1, 0.15) is 5.69 Å². The van der Waals surface area contributed by atoms with Gasteiger partial charge in [0.25, 0.3) is 5.91 Å². The van der Waals surface area contributed by atoms with E-state index in [9.17, 15) is 9.59 Å². The molecule has 0 atom stereocenters. The first kappa shape index (κ1) is 18.7. The second-order valence-electron chi connectivity index (χ2n) is 6.78. The Morgan fingerprint density at radius 1 is 1.23 bits per heavy atom. The highest BCUT2D eigenvalue weighted by Crippen LogP contribution is 2.18. The smallest absolute Gasteiger partial charge is 0.274 e. The van der Waals surface area contributed by atoms with Gasteiger partial charge in [-0.1, -0.05) is 0 Å². The summed E-state index contributed by atoms with van der Waals surface area (Å²) in [5, 5.41) is 2.97. The van der Waals surface area contributed by atoms with Crippen LogP contribution in [0.5, 0.6) is 0 Å². The minimum atomic E-state index is -0.167. The summed E-state index contributed by atoms with van der Waals surface area (Å²) in [7, 11) is 0. The van der Waals surface area contributed by atoms with Crippen LogP contribution in [0.4, 0.5) is 0 Å². The van der Waals surface area contributed by atoms with Crippen LogP contribution in [-0.2, 0) is 9.53 Å².